The smallest absolute Gasteiger partial charge is 0.258 e. The van der Waals surface area contributed by atoms with Gasteiger partial charge in [0.2, 0.25) is 0 Å². The molecule has 2 aromatic rings. The van der Waals surface area contributed by atoms with Crippen LogP contribution in [0.3, 0.4) is 0 Å². The summed E-state index contributed by atoms with van der Waals surface area (Å²) in [6.07, 6.45) is 35.8. The van der Waals surface area contributed by atoms with E-state index in [-0.39, 0.29) is 5.04 Å². The fraction of sp³-hybridized carbons (Fsp3) is 0.674. The SMILES string of the molecule is CCCCCCC/C=C\CCCCCCCCC(CCCCCCCCC)CC(C)(C)[Si](O)(c1ccccc1)c1ccccc1. The molecule has 2 heteroatoms. The molecule has 0 aliphatic rings. The third-order valence-electron chi connectivity index (χ3n) is 10.3. The zero-order chi connectivity index (χ0) is 32.5. The molecule has 1 nitrogen and oxygen atoms in total. The predicted octanol–water partition coefficient (Wildman–Crippen LogP) is 12.7. The summed E-state index contributed by atoms with van der Waals surface area (Å²) in [5, 5.41) is 2.15. The van der Waals surface area contributed by atoms with E-state index in [0.717, 1.165) is 16.8 Å². The molecule has 0 heterocycles. The Kier molecular flexibility index (Phi) is 21.5. The highest BCUT2D eigenvalue weighted by Gasteiger charge is 2.50. The van der Waals surface area contributed by atoms with Crippen LogP contribution in [-0.2, 0) is 0 Å². The third kappa shape index (κ3) is 15.7. The van der Waals surface area contributed by atoms with Crippen molar-refractivity contribution in [3.05, 3.63) is 72.8 Å². The van der Waals surface area contributed by atoms with Crippen molar-refractivity contribution in [1.29, 1.82) is 0 Å². The van der Waals surface area contributed by atoms with E-state index in [1.807, 2.05) is 0 Å². The number of unbranched alkanes of at least 4 members (excludes halogenated alkanes) is 17. The summed E-state index contributed by atoms with van der Waals surface area (Å²) in [7, 11) is -2.96. The fourth-order valence-electron chi connectivity index (χ4n) is 7.42. The highest BCUT2D eigenvalue weighted by molar-refractivity contribution is 6.98. The molecule has 1 N–H and O–H groups in total. The van der Waals surface area contributed by atoms with E-state index in [1.54, 1.807) is 0 Å². The first-order chi connectivity index (χ1) is 22.0. The lowest BCUT2D eigenvalue weighted by molar-refractivity contribution is 0.326. The van der Waals surface area contributed by atoms with Gasteiger partial charge in [0.05, 0.1) is 0 Å². The van der Waals surface area contributed by atoms with Gasteiger partial charge in [-0.15, -0.1) is 0 Å². The maximum absolute atomic E-state index is 12.8. The third-order valence-corrected chi connectivity index (χ3v) is 14.8. The first-order valence-electron chi connectivity index (χ1n) is 19.4. The van der Waals surface area contributed by atoms with Gasteiger partial charge in [-0.3, -0.25) is 0 Å². The highest BCUT2D eigenvalue weighted by atomic mass is 28.4. The number of rotatable bonds is 28. The van der Waals surface area contributed by atoms with E-state index < -0.39 is 8.32 Å². The Morgan fingerprint density at radius 1 is 0.533 bits per heavy atom. The van der Waals surface area contributed by atoms with Crippen molar-refractivity contribution in [3.63, 3.8) is 0 Å². The van der Waals surface area contributed by atoms with E-state index in [1.165, 1.54) is 141 Å². The van der Waals surface area contributed by atoms with Gasteiger partial charge >= 0.3 is 0 Å². The van der Waals surface area contributed by atoms with Crippen molar-refractivity contribution < 1.29 is 4.80 Å². The van der Waals surface area contributed by atoms with Crippen LogP contribution in [0.5, 0.6) is 0 Å². The van der Waals surface area contributed by atoms with E-state index in [4.69, 9.17) is 0 Å². The summed E-state index contributed by atoms with van der Waals surface area (Å²) in [6, 6.07) is 21.3. The minimum absolute atomic E-state index is 0.148. The lowest BCUT2D eigenvalue weighted by Crippen LogP contribution is -2.65. The number of hydrogen-bond acceptors (Lipinski definition) is 1. The molecular weight excluding hydrogens is 561 g/mol. The van der Waals surface area contributed by atoms with Crippen molar-refractivity contribution in [2.24, 2.45) is 5.92 Å². The molecule has 0 fully saturated rings. The molecule has 0 aliphatic heterocycles. The maximum atomic E-state index is 12.8. The van der Waals surface area contributed by atoms with Crippen LogP contribution in [0.1, 0.15) is 175 Å². The summed E-state index contributed by atoms with van der Waals surface area (Å²) in [5.74, 6) is 0.689. The molecule has 2 aromatic carbocycles. The Morgan fingerprint density at radius 2 is 0.889 bits per heavy atom. The van der Waals surface area contributed by atoms with Crippen LogP contribution in [0, 0.1) is 5.92 Å². The number of hydrogen-bond donors (Lipinski definition) is 1. The first kappa shape index (κ1) is 39.5. The van der Waals surface area contributed by atoms with E-state index >= 15 is 0 Å². The first-order valence-corrected chi connectivity index (χ1v) is 21.4. The summed E-state index contributed by atoms with van der Waals surface area (Å²) < 4.78 is 0. The molecule has 1 unspecified atom stereocenters. The molecule has 0 aliphatic carbocycles. The lowest BCUT2D eigenvalue weighted by Gasteiger charge is -2.43. The average Bonchev–Trinajstić information content (AvgIpc) is 3.06. The van der Waals surface area contributed by atoms with Gasteiger partial charge in [0.15, 0.2) is 0 Å². The topological polar surface area (TPSA) is 20.2 Å². The van der Waals surface area contributed by atoms with Crippen LogP contribution >= 0.6 is 0 Å². The van der Waals surface area contributed by atoms with Gasteiger partial charge in [-0.05, 0) is 53.4 Å². The van der Waals surface area contributed by atoms with Crippen LogP contribution in [0.25, 0.3) is 0 Å². The van der Waals surface area contributed by atoms with Gasteiger partial charge in [-0.1, -0.05) is 216 Å². The van der Waals surface area contributed by atoms with E-state index in [0.29, 0.717) is 5.92 Å². The van der Waals surface area contributed by atoms with Crippen molar-refractivity contribution in [1.82, 2.24) is 0 Å². The molecule has 0 radical (unpaired) electrons. The Bertz CT molecular complexity index is 926. The van der Waals surface area contributed by atoms with Crippen molar-refractivity contribution in [2.45, 2.75) is 180 Å². The summed E-state index contributed by atoms with van der Waals surface area (Å²) in [4.78, 5) is 12.8. The fourth-order valence-corrected chi connectivity index (χ4v) is 11.2. The van der Waals surface area contributed by atoms with Gasteiger partial charge < -0.3 is 4.80 Å². The Hall–Kier alpha value is -1.64. The molecule has 1 atom stereocenters. The van der Waals surface area contributed by atoms with Crippen LogP contribution in [-0.4, -0.2) is 13.1 Å². The molecule has 0 bridgehead atoms. The van der Waals surface area contributed by atoms with Crippen molar-refractivity contribution in [2.75, 3.05) is 0 Å². The minimum Gasteiger partial charge on any atom is -0.424 e. The van der Waals surface area contributed by atoms with Gasteiger partial charge in [0.25, 0.3) is 8.32 Å². The normalized spacial score (nSPS) is 13.1. The lowest BCUT2D eigenvalue weighted by atomic mass is 9.87. The molecule has 0 aromatic heterocycles. The van der Waals surface area contributed by atoms with Gasteiger partial charge in [-0.2, -0.15) is 0 Å². The van der Waals surface area contributed by atoms with Crippen molar-refractivity contribution in [3.8, 4) is 0 Å². The number of allylic oxidation sites excluding steroid dienone is 2. The van der Waals surface area contributed by atoms with E-state index in [2.05, 4.69) is 101 Å². The summed E-state index contributed by atoms with van der Waals surface area (Å²) in [5.41, 5.74) is 0. The second kappa shape index (κ2) is 24.5. The zero-order valence-electron chi connectivity index (χ0n) is 30.2. The quantitative estimate of drug-likeness (QED) is 0.0562. The van der Waals surface area contributed by atoms with Crippen molar-refractivity contribution >= 4 is 18.7 Å². The average molecular weight is 633 g/mol. The van der Waals surface area contributed by atoms with Crippen LogP contribution in [0.2, 0.25) is 5.04 Å². The summed E-state index contributed by atoms with van der Waals surface area (Å²) in [6.45, 7) is 9.34. The van der Waals surface area contributed by atoms with Crippen LogP contribution in [0.4, 0.5) is 0 Å². The Morgan fingerprint density at radius 3 is 1.29 bits per heavy atom. The molecule has 0 saturated heterocycles. The number of benzene rings is 2. The monoisotopic (exact) mass is 633 g/mol. The predicted molar refractivity (Wildman–Crippen MR) is 204 cm³/mol. The minimum atomic E-state index is -2.96. The molecular formula is C43H72OSi. The summed E-state index contributed by atoms with van der Waals surface area (Å²) >= 11 is 0. The van der Waals surface area contributed by atoms with Crippen LogP contribution < -0.4 is 10.4 Å². The highest BCUT2D eigenvalue weighted by Crippen LogP contribution is 2.43. The Labute approximate surface area is 281 Å². The molecule has 254 valence electrons. The maximum Gasteiger partial charge on any atom is 0.258 e. The van der Waals surface area contributed by atoms with Crippen LogP contribution in [0.15, 0.2) is 72.8 Å². The molecule has 45 heavy (non-hydrogen) atoms. The standard InChI is InChI=1S/C43H72OSi/c1-5-7-9-11-13-14-15-16-17-18-19-20-22-24-28-34-40(33-27-23-21-12-10-8-6-2)39-43(3,4)45(44,41-35-29-25-30-36-41)42-37-31-26-32-38-42/h15-16,25-26,29-32,35-38,40,44H,5-14,17-24,27-28,33-34,39H2,1-4H3/b16-15-. The second-order valence-electron chi connectivity index (χ2n) is 14.7. The van der Waals surface area contributed by atoms with Gasteiger partial charge in [-0.25, -0.2) is 0 Å². The van der Waals surface area contributed by atoms with Gasteiger partial charge in [0.1, 0.15) is 0 Å². The zero-order valence-corrected chi connectivity index (χ0v) is 31.2. The Balaban J connectivity index is 1.87. The molecule has 2 rings (SSSR count). The van der Waals surface area contributed by atoms with Gasteiger partial charge in [0, 0.05) is 0 Å². The molecule has 0 saturated carbocycles. The molecule has 0 amide bonds. The largest absolute Gasteiger partial charge is 0.424 e. The second-order valence-corrected chi connectivity index (χ2v) is 18.6. The molecule has 0 spiro atoms. The van der Waals surface area contributed by atoms with E-state index in [9.17, 15) is 4.80 Å².